The van der Waals surface area contributed by atoms with Crippen LogP contribution in [0.4, 0.5) is 11.4 Å². The van der Waals surface area contributed by atoms with E-state index in [1.165, 1.54) is 0 Å². The van der Waals surface area contributed by atoms with Gasteiger partial charge in [-0.2, -0.15) is 0 Å². The fourth-order valence-electron chi connectivity index (χ4n) is 2.38. The molecule has 0 aromatic heterocycles. The Bertz CT molecular complexity index is 454. The van der Waals surface area contributed by atoms with Crippen molar-refractivity contribution >= 4 is 33.2 Å². The minimum atomic E-state index is -0.161. The van der Waals surface area contributed by atoms with E-state index >= 15 is 0 Å². The number of halogens is 1. The van der Waals surface area contributed by atoms with E-state index in [1.54, 1.807) is 0 Å². The molecule has 0 saturated heterocycles. The van der Waals surface area contributed by atoms with Crippen molar-refractivity contribution in [3.8, 4) is 0 Å². The van der Waals surface area contributed by atoms with Crippen LogP contribution in [-0.4, -0.2) is 12.5 Å². The van der Waals surface area contributed by atoms with Crippen LogP contribution in [0.1, 0.15) is 19.3 Å². The number of fused-ring (bicyclic) bond motifs is 1. The molecule has 0 atom stereocenters. The number of hydrogen-bond acceptors (Lipinski definition) is 2. The SMILES string of the molecule is O=C1Nc2cc(Br)ccc2NCC12CCC2. The van der Waals surface area contributed by atoms with Crippen molar-refractivity contribution in [2.75, 3.05) is 17.2 Å². The third-order valence-corrected chi connectivity index (χ3v) is 4.13. The predicted molar refractivity (Wildman–Crippen MR) is 67.5 cm³/mol. The summed E-state index contributed by atoms with van der Waals surface area (Å²) < 4.78 is 0.984. The lowest BCUT2D eigenvalue weighted by atomic mass is 9.68. The van der Waals surface area contributed by atoms with Crippen LogP contribution in [-0.2, 0) is 4.79 Å². The summed E-state index contributed by atoms with van der Waals surface area (Å²) in [5.41, 5.74) is 1.73. The van der Waals surface area contributed by atoms with E-state index < -0.39 is 0 Å². The number of nitrogens with one attached hydrogen (secondary N) is 2. The summed E-state index contributed by atoms with van der Waals surface area (Å²) in [7, 11) is 0. The van der Waals surface area contributed by atoms with Gasteiger partial charge in [0.15, 0.2) is 0 Å². The third-order valence-electron chi connectivity index (χ3n) is 3.64. The highest BCUT2D eigenvalue weighted by atomic mass is 79.9. The van der Waals surface area contributed by atoms with Crippen molar-refractivity contribution in [2.24, 2.45) is 5.41 Å². The fraction of sp³-hybridized carbons (Fsp3) is 0.417. The minimum absolute atomic E-state index is 0.161. The van der Waals surface area contributed by atoms with Gasteiger partial charge in [0.1, 0.15) is 0 Å². The Balaban J connectivity index is 1.97. The first-order valence-corrected chi connectivity index (χ1v) is 6.34. The van der Waals surface area contributed by atoms with Gasteiger partial charge in [-0.1, -0.05) is 22.4 Å². The topological polar surface area (TPSA) is 41.1 Å². The summed E-state index contributed by atoms with van der Waals surface area (Å²) in [5, 5.41) is 6.40. The van der Waals surface area contributed by atoms with Crippen molar-refractivity contribution < 1.29 is 4.79 Å². The molecule has 0 bridgehead atoms. The lowest BCUT2D eigenvalue weighted by Gasteiger charge is -2.38. The molecule has 16 heavy (non-hydrogen) atoms. The zero-order chi connectivity index (χ0) is 11.2. The Hall–Kier alpha value is -1.03. The molecule has 1 aromatic carbocycles. The molecule has 3 nitrogen and oxygen atoms in total. The van der Waals surface area contributed by atoms with Crippen LogP contribution < -0.4 is 10.6 Å². The van der Waals surface area contributed by atoms with Crippen LogP contribution in [0.15, 0.2) is 22.7 Å². The Kier molecular flexibility index (Phi) is 2.21. The van der Waals surface area contributed by atoms with Gasteiger partial charge in [0, 0.05) is 11.0 Å². The Morgan fingerprint density at radius 2 is 2.06 bits per heavy atom. The summed E-state index contributed by atoms with van der Waals surface area (Å²) in [6, 6.07) is 5.92. The maximum atomic E-state index is 12.1. The molecule has 2 aliphatic rings. The van der Waals surface area contributed by atoms with Gasteiger partial charge in [0.25, 0.3) is 0 Å². The molecule has 0 radical (unpaired) electrons. The summed E-state index contributed by atoms with van der Waals surface area (Å²) in [6.45, 7) is 0.757. The normalized spacial score (nSPS) is 21.4. The molecule has 1 aliphatic carbocycles. The molecule has 1 saturated carbocycles. The quantitative estimate of drug-likeness (QED) is 0.767. The van der Waals surface area contributed by atoms with E-state index in [1.807, 2.05) is 18.2 Å². The molecule has 4 heteroatoms. The molecule has 1 spiro atoms. The predicted octanol–water partition coefficient (Wildman–Crippen LogP) is 2.98. The summed E-state index contributed by atoms with van der Waals surface area (Å²) in [6.07, 6.45) is 3.16. The van der Waals surface area contributed by atoms with Crippen molar-refractivity contribution in [1.82, 2.24) is 0 Å². The number of rotatable bonds is 0. The highest BCUT2D eigenvalue weighted by molar-refractivity contribution is 9.10. The van der Waals surface area contributed by atoms with Crippen LogP contribution in [0.25, 0.3) is 0 Å². The number of anilines is 2. The maximum Gasteiger partial charge on any atom is 0.232 e. The Morgan fingerprint density at radius 3 is 2.75 bits per heavy atom. The van der Waals surface area contributed by atoms with E-state index in [9.17, 15) is 4.79 Å². The molecule has 0 unspecified atom stereocenters. The van der Waals surface area contributed by atoms with Crippen LogP contribution in [0.2, 0.25) is 0 Å². The van der Waals surface area contributed by atoms with Gasteiger partial charge in [-0.05, 0) is 31.0 Å². The van der Waals surface area contributed by atoms with Gasteiger partial charge < -0.3 is 10.6 Å². The maximum absolute atomic E-state index is 12.1. The minimum Gasteiger partial charge on any atom is -0.382 e. The van der Waals surface area contributed by atoms with E-state index in [4.69, 9.17) is 0 Å². The van der Waals surface area contributed by atoms with E-state index in [-0.39, 0.29) is 11.3 Å². The average Bonchev–Trinajstić information content (AvgIpc) is 2.32. The molecule has 1 aliphatic heterocycles. The van der Waals surface area contributed by atoms with Crippen LogP contribution in [0, 0.1) is 5.41 Å². The van der Waals surface area contributed by atoms with Gasteiger partial charge in [0.05, 0.1) is 16.8 Å². The summed E-state index contributed by atoms with van der Waals surface area (Å²) in [4.78, 5) is 12.1. The van der Waals surface area contributed by atoms with E-state index in [0.29, 0.717) is 0 Å². The first kappa shape index (κ1) is 10.1. The van der Waals surface area contributed by atoms with Crippen molar-refractivity contribution in [2.45, 2.75) is 19.3 Å². The number of benzene rings is 1. The van der Waals surface area contributed by atoms with E-state index in [2.05, 4.69) is 26.6 Å². The van der Waals surface area contributed by atoms with Gasteiger partial charge in [0.2, 0.25) is 5.91 Å². The number of hydrogen-bond donors (Lipinski definition) is 2. The van der Waals surface area contributed by atoms with Gasteiger partial charge >= 0.3 is 0 Å². The molecular weight excluding hydrogens is 268 g/mol. The molecule has 1 aromatic rings. The highest BCUT2D eigenvalue weighted by Crippen LogP contribution is 2.44. The Labute approximate surface area is 103 Å². The molecule has 1 fully saturated rings. The monoisotopic (exact) mass is 280 g/mol. The molecule has 3 rings (SSSR count). The standard InChI is InChI=1S/C12H13BrN2O/c13-8-2-3-9-10(6-8)15-11(16)12(7-14-9)4-1-5-12/h2-3,6,14H,1,4-5,7H2,(H,15,16). The lowest BCUT2D eigenvalue weighted by Crippen LogP contribution is -2.45. The second-order valence-electron chi connectivity index (χ2n) is 4.63. The molecule has 84 valence electrons. The first-order chi connectivity index (χ1) is 7.70. The number of carbonyl (C=O) groups excluding carboxylic acids is 1. The highest BCUT2D eigenvalue weighted by Gasteiger charge is 2.45. The largest absolute Gasteiger partial charge is 0.382 e. The molecule has 1 amide bonds. The third kappa shape index (κ3) is 1.44. The molecule has 2 N–H and O–H groups in total. The van der Waals surface area contributed by atoms with Crippen molar-refractivity contribution in [1.29, 1.82) is 0 Å². The zero-order valence-electron chi connectivity index (χ0n) is 8.85. The average molecular weight is 281 g/mol. The number of amides is 1. The van der Waals surface area contributed by atoms with Gasteiger partial charge in [-0.25, -0.2) is 0 Å². The lowest BCUT2D eigenvalue weighted by molar-refractivity contribution is -0.129. The van der Waals surface area contributed by atoms with Crippen LogP contribution in [0.5, 0.6) is 0 Å². The zero-order valence-corrected chi connectivity index (χ0v) is 10.4. The summed E-state index contributed by atoms with van der Waals surface area (Å²) >= 11 is 3.42. The summed E-state index contributed by atoms with van der Waals surface area (Å²) in [5.74, 6) is 0.170. The Morgan fingerprint density at radius 1 is 1.25 bits per heavy atom. The van der Waals surface area contributed by atoms with Gasteiger partial charge in [-0.15, -0.1) is 0 Å². The number of carbonyl (C=O) groups is 1. The van der Waals surface area contributed by atoms with Crippen molar-refractivity contribution in [3.63, 3.8) is 0 Å². The van der Waals surface area contributed by atoms with E-state index in [0.717, 1.165) is 41.7 Å². The second kappa shape index (κ2) is 3.48. The van der Waals surface area contributed by atoms with Crippen LogP contribution >= 0.6 is 15.9 Å². The fourth-order valence-corrected chi connectivity index (χ4v) is 2.74. The first-order valence-electron chi connectivity index (χ1n) is 5.55. The molecular formula is C12H13BrN2O. The molecule has 1 heterocycles. The van der Waals surface area contributed by atoms with Gasteiger partial charge in [-0.3, -0.25) is 4.79 Å². The van der Waals surface area contributed by atoms with Crippen molar-refractivity contribution in [3.05, 3.63) is 22.7 Å². The smallest absolute Gasteiger partial charge is 0.232 e. The second-order valence-corrected chi connectivity index (χ2v) is 5.55. The van der Waals surface area contributed by atoms with Crippen LogP contribution in [0.3, 0.4) is 0 Å².